The molecule has 1 aromatic rings. The molecule has 3 rings (SSSR count). The molecule has 2 heteroatoms. The Hall–Kier alpha value is -1.02. The fourth-order valence-corrected chi connectivity index (χ4v) is 2.78. The first-order valence-electron chi connectivity index (χ1n) is 5.38. The van der Waals surface area contributed by atoms with Crippen molar-refractivity contribution < 1.29 is 0 Å². The van der Waals surface area contributed by atoms with Crippen molar-refractivity contribution in [2.45, 2.75) is 18.4 Å². The van der Waals surface area contributed by atoms with E-state index in [9.17, 15) is 0 Å². The van der Waals surface area contributed by atoms with Gasteiger partial charge in [0.25, 0.3) is 0 Å². The highest BCUT2D eigenvalue weighted by Crippen LogP contribution is 2.39. The molecule has 0 aromatic heterocycles. The number of nitrogens with one attached hydrogen (secondary N) is 1. The predicted molar refractivity (Wildman–Crippen MR) is 58.7 cm³/mol. The topological polar surface area (TPSA) is 15.3 Å². The monoisotopic (exact) mass is 188 g/mol. The molecule has 2 heterocycles. The van der Waals surface area contributed by atoms with Crippen LogP contribution in [-0.2, 0) is 0 Å². The SMILES string of the molecule is CN1CC[C@H]2c3ccccc3N[C@@H]2C1. The van der Waals surface area contributed by atoms with Gasteiger partial charge in [0.2, 0.25) is 0 Å². The molecule has 0 radical (unpaired) electrons. The van der Waals surface area contributed by atoms with Crippen LogP contribution in [0.4, 0.5) is 5.69 Å². The van der Waals surface area contributed by atoms with Gasteiger partial charge in [-0.1, -0.05) is 18.2 Å². The lowest BCUT2D eigenvalue weighted by molar-refractivity contribution is 0.245. The van der Waals surface area contributed by atoms with Gasteiger partial charge in [0, 0.05) is 24.2 Å². The van der Waals surface area contributed by atoms with Gasteiger partial charge in [0.05, 0.1) is 0 Å². The van der Waals surface area contributed by atoms with Crippen molar-refractivity contribution >= 4 is 5.69 Å². The summed E-state index contributed by atoms with van der Waals surface area (Å²) in [5.41, 5.74) is 2.89. The number of rotatable bonds is 0. The number of anilines is 1. The molecule has 0 amide bonds. The van der Waals surface area contributed by atoms with Crippen molar-refractivity contribution in [1.29, 1.82) is 0 Å². The van der Waals surface area contributed by atoms with Crippen molar-refractivity contribution in [3.8, 4) is 0 Å². The standard InChI is InChI=1S/C12H16N2/c1-14-7-6-10-9-4-2-3-5-11(9)13-12(10)8-14/h2-5,10,12-13H,6-8H2,1H3/t10-,12+/m0/s1. The summed E-state index contributed by atoms with van der Waals surface area (Å²) < 4.78 is 0. The molecule has 2 aliphatic rings. The van der Waals surface area contributed by atoms with Gasteiger partial charge >= 0.3 is 0 Å². The van der Waals surface area contributed by atoms with E-state index in [4.69, 9.17) is 0 Å². The van der Waals surface area contributed by atoms with Crippen molar-refractivity contribution in [2.24, 2.45) is 0 Å². The maximum atomic E-state index is 3.63. The van der Waals surface area contributed by atoms with E-state index in [2.05, 4.69) is 41.5 Å². The lowest BCUT2D eigenvalue weighted by Gasteiger charge is -2.32. The zero-order valence-electron chi connectivity index (χ0n) is 8.53. The second-order valence-corrected chi connectivity index (χ2v) is 4.50. The highest BCUT2D eigenvalue weighted by Gasteiger charge is 2.34. The van der Waals surface area contributed by atoms with Gasteiger partial charge in [-0.15, -0.1) is 0 Å². The number of hydrogen-bond acceptors (Lipinski definition) is 2. The van der Waals surface area contributed by atoms with Crippen LogP contribution < -0.4 is 5.32 Å². The molecule has 0 bridgehead atoms. The van der Waals surface area contributed by atoms with Crippen LogP contribution >= 0.6 is 0 Å². The summed E-state index contributed by atoms with van der Waals surface area (Å²) in [5, 5.41) is 3.63. The molecule has 1 aromatic carbocycles. The van der Waals surface area contributed by atoms with E-state index < -0.39 is 0 Å². The van der Waals surface area contributed by atoms with E-state index in [0.717, 1.165) is 5.92 Å². The molecular formula is C12H16N2. The Morgan fingerprint density at radius 2 is 2.21 bits per heavy atom. The third-order valence-corrected chi connectivity index (χ3v) is 3.52. The minimum atomic E-state index is 0.645. The van der Waals surface area contributed by atoms with Gasteiger partial charge in [-0.3, -0.25) is 0 Å². The summed E-state index contributed by atoms with van der Waals surface area (Å²) in [4.78, 5) is 2.42. The molecule has 0 saturated carbocycles. The summed E-state index contributed by atoms with van der Waals surface area (Å²) in [6.07, 6.45) is 1.30. The fourth-order valence-electron chi connectivity index (χ4n) is 2.78. The molecular weight excluding hydrogens is 172 g/mol. The molecule has 0 unspecified atom stereocenters. The van der Waals surface area contributed by atoms with E-state index in [1.807, 2.05) is 0 Å². The Bertz CT molecular complexity index is 348. The van der Waals surface area contributed by atoms with Crippen LogP contribution in [0.15, 0.2) is 24.3 Å². The Morgan fingerprint density at radius 1 is 1.36 bits per heavy atom. The van der Waals surface area contributed by atoms with Gasteiger partial charge in [-0.2, -0.15) is 0 Å². The maximum absolute atomic E-state index is 3.63. The van der Waals surface area contributed by atoms with E-state index >= 15 is 0 Å². The third-order valence-electron chi connectivity index (χ3n) is 3.52. The number of likely N-dealkylation sites (N-methyl/N-ethyl adjacent to an activating group) is 1. The Labute approximate surface area is 84.9 Å². The van der Waals surface area contributed by atoms with Crippen LogP contribution in [0.5, 0.6) is 0 Å². The molecule has 2 atom stereocenters. The van der Waals surface area contributed by atoms with Crippen LogP contribution in [0.2, 0.25) is 0 Å². The number of hydrogen-bond donors (Lipinski definition) is 1. The quantitative estimate of drug-likeness (QED) is 0.669. The number of nitrogens with zero attached hydrogens (tertiary/aromatic N) is 1. The van der Waals surface area contributed by atoms with Crippen molar-refractivity contribution in [2.75, 3.05) is 25.5 Å². The van der Waals surface area contributed by atoms with Gasteiger partial charge in [0.1, 0.15) is 0 Å². The number of likely N-dealkylation sites (tertiary alicyclic amines) is 1. The summed E-state index contributed by atoms with van der Waals surface area (Å²) in [7, 11) is 2.21. The Morgan fingerprint density at radius 3 is 3.14 bits per heavy atom. The van der Waals surface area contributed by atoms with Crippen LogP contribution in [0.1, 0.15) is 17.9 Å². The summed E-state index contributed by atoms with van der Waals surface area (Å²) >= 11 is 0. The Kier molecular flexibility index (Phi) is 1.77. The molecule has 1 N–H and O–H groups in total. The van der Waals surface area contributed by atoms with E-state index in [1.54, 1.807) is 0 Å². The number of benzene rings is 1. The van der Waals surface area contributed by atoms with Gasteiger partial charge in [0.15, 0.2) is 0 Å². The fraction of sp³-hybridized carbons (Fsp3) is 0.500. The second kappa shape index (κ2) is 2.99. The third kappa shape index (κ3) is 1.14. The first-order chi connectivity index (χ1) is 6.84. The zero-order chi connectivity index (χ0) is 9.54. The van der Waals surface area contributed by atoms with Gasteiger partial charge in [-0.05, 0) is 31.6 Å². The van der Waals surface area contributed by atoms with E-state index in [-0.39, 0.29) is 0 Å². The molecule has 0 spiro atoms. The molecule has 74 valence electrons. The summed E-state index contributed by atoms with van der Waals surface area (Å²) in [6.45, 7) is 2.41. The largest absolute Gasteiger partial charge is 0.380 e. The van der Waals surface area contributed by atoms with Crippen molar-refractivity contribution in [1.82, 2.24) is 4.90 Å². The van der Waals surface area contributed by atoms with Crippen molar-refractivity contribution in [3.05, 3.63) is 29.8 Å². The molecule has 1 saturated heterocycles. The van der Waals surface area contributed by atoms with Crippen LogP contribution in [0.3, 0.4) is 0 Å². The molecule has 2 nitrogen and oxygen atoms in total. The second-order valence-electron chi connectivity index (χ2n) is 4.50. The lowest BCUT2D eigenvalue weighted by Crippen LogP contribution is -2.41. The number of para-hydroxylation sites is 1. The van der Waals surface area contributed by atoms with Crippen LogP contribution in [0, 0.1) is 0 Å². The number of fused-ring (bicyclic) bond motifs is 3. The van der Waals surface area contributed by atoms with E-state index in [1.165, 1.54) is 30.8 Å². The smallest absolute Gasteiger partial charge is 0.0458 e. The first-order valence-corrected chi connectivity index (χ1v) is 5.38. The number of piperidine rings is 1. The summed E-state index contributed by atoms with van der Waals surface area (Å²) in [5.74, 6) is 0.752. The van der Waals surface area contributed by atoms with Crippen molar-refractivity contribution in [3.63, 3.8) is 0 Å². The minimum Gasteiger partial charge on any atom is -0.380 e. The van der Waals surface area contributed by atoms with Crippen LogP contribution in [0.25, 0.3) is 0 Å². The molecule has 0 aliphatic carbocycles. The van der Waals surface area contributed by atoms with E-state index in [0.29, 0.717) is 6.04 Å². The highest BCUT2D eigenvalue weighted by molar-refractivity contribution is 5.59. The average molecular weight is 188 g/mol. The molecule has 14 heavy (non-hydrogen) atoms. The van der Waals surface area contributed by atoms with Crippen LogP contribution in [-0.4, -0.2) is 31.1 Å². The zero-order valence-corrected chi connectivity index (χ0v) is 8.53. The predicted octanol–water partition coefficient (Wildman–Crippen LogP) is 1.90. The lowest BCUT2D eigenvalue weighted by atomic mass is 9.89. The molecule has 1 fully saturated rings. The minimum absolute atomic E-state index is 0.645. The van der Waals surface area contributed by atoms with Gasteiger partial charge in [-0.25, -0.2) is 0 Å². The highest BCUT2D eigenvalue weighted by atomic mass is 15.2. The average Bonchev–Trinajstić information content (AvgIpc) is 2.54. The van der Waals surface area contributed by atoms with Gasteiger partial charge < -0.3 is 10.2 Å². The first kappa shape index (κ1) is 8.30. The molecule has 2 aliphatic heterocycles. The summed E-state index contributed by atoms with van der Waals surface area (Å²) in [6, 6.07) is 9.39. The Balaban J connectivity index is 1.94. The maximum Gasteiger partial charge on any atom is 0.0458 e. The normalized spacial score (nSPS) is 30.6.